The molecule has 5 aromatic rings. The summed E-state index contributed by atoms with van der Waals surface area (Å²) < 4.78 is 63.7. The fourth-order valence-corrected chi connectivity index (χ4v) is 8.17. The molecule has 0 unspecified atom stereocenters. The second-order valence-corrected chi connectivity index (χ2v) is 16.7. The monoisotopic (exact) mass is 931 g/mol. The summed E-state index contributed by atoms with van der Waals surface area (Å²) in [4.78, 5) is 39.9. The van der Waals surface area contributed by atoms with Crippen molar-refractivity contribution in [2.45, 2.75) is 107 Å². The van der Waals surface area contributed by atoms with Gasteiger partial charge in [0.15, 0.2) is 31.1 Å². The van der Waals surface area contributed by atoms with Gasteiger partial charge in [-0.2, -0.15) is 0 Å². The highest BCUT2D eigenvalue weighted by Gasteiger charge is 2.56. The predicted octanol–water partition coefficient (Wildman–Crippen LogP) is 7.47. The highest BCUT2D eigenvalue weighted by atomic mass is 16.8. The van der Waals surface area contributed by atoms with E-state index in [1.807, 2.05) is 91.0 Å². The van der Waals surface area contributed by atoms with Crippen molar-refractivity contribution in [3.8, 4) is 0 Å². The third-order valence-corrected chi connectivity index (χ3v) is 11.8. The number of amides is 1. The van der Waals surface area contributed by atoms with Gasteiger partial charge in [-0.05, 0) is 61.6 Å². The average Bonchev–Trinajstić information content (AvgIpc) is 3.38. The standard InChI is InChI=1S/C53H57NO14/c1-35-42(55)44(65-48(56)38-24-12-4-13-25-38)47(66-49(57)39-26-14-5-15-27-39)52(63-35)68-45-43-41(34-61-50(67-43)40-28-16-6-17-29-40)64-51(46(45)60-32-36-20-8-2-9-21-36)59-31-19-7-18-30-54-53(58)62-33-37-22-10-3-11-23-37/h2-6,8-17,20-29,35,41-47,50-52,55H,7,18-19,30-34H2,1H3,(H,54,58)/t35-,41+,42-,43+,44+,45-,46+,47+,50+,51+,52-/m0/s1. The molecule has 0 bridgehead atoms. The van der Waals surface area contributed by atoms with E-state index in [4.69, 9.17) is 47.4 Å². The molecule has 0 aromatic heterocycles. The number of unbranched alkanes of at least 4 members (excludes halogenated alkanes) is 2. The second kappa shape index (κ2) is 24.3. The predicted molar refractivity (Wildman–Crippen MR) is 245 cm³/mol. The van der Waals surface area contributed by atoms with Crippen molar-refractivity contribution in [2.75, 3.05) is 19.8 Å². The zero-order valence-corrected chi connectivity index (χ0v) is 37.7. The number of nitrogens with one attached hydrogen (secondary N) is 1. The van der Waals surface area contributed by atoms with E-state index in [0.717, 1.165) is 16.7 Å². The van der Waals surface area contributed by atoms with Crippen LogP contribution in [0.15, 0.2) is 152 Å². The average molecular weight is 932 g/mol. The molecule has 1 amide bonds. The molecule has 15 heteroatoms. The number of esters is 2. The maximum absolute atomic E-state index is 13.9. The summed E-state index contributed by atoms with van der Waals surface area (Å²) in [6, 6.07) is 45.1. The van der Waals surface area contributed by atoms with Crippen molar-refractivity contribution >= 4 is 18.0 Å². The molecule has 15 nitrogen and oxygen atoms in total. The van der Waals surface area contributed by atoms with Crippen LogP contribution in [0.4, 0.5) is 4.79 Å². The number of benzene rings is 5. The molecule has 3 heterocycles. The maximum Gasteiger partial charge on any atom is 0.407 e. The van der Waals surface area contributed by atoms with E-state index in [2.05, 4.69) is 5.32 Å². The zero-order chi connectivity index (χ0) is 47.1. The van der Waals surface area contributed by atoms with E-state index >= 15 is 0 Å². The van der Waals surface area contributed by atoms with Gasteiger partial charge in [-0.1, -0.05) is 127 Å². The van der Waals surface area contributed by atoms with Crippen molar-refractivity contribution in [1.29, 1.82) is 0 Å². The van der Waals surface area contributed by atoms with Gasteiger partial charge >= 0.3 is 18.0 Å². The van der Waals surface area contributed by atoms with Crippen LogP contribution in [-0.2, 0) is 60.6 Å². The van der Waals surface area contributed by atoms with E-state index in [9.17, 15) is 19.5 Å². The van der Waals surface area contributed by atoms with Gasteiger partial charge in [-0.15, -0.1) is 0 Å². The van der Waals surface area contributed by atoms with E-state index in [0.29, 0.717) is 25.8 Å². The number of aliphatic hydroxyl groups excluding tert-OH is 1. The normalized spacial score (nSPS) is 26.7. The van der Waals surface area contributed by atoms with Crippen LogP contribution in [-0.4, -0.2) is 104 Å². The number of alkyl carbamates (subject to hydrolysis) is 1. The number of hydrogen-bond acceptors (Lipinski definition) is 14. The third-order valence-electron chi connectivity index (χ3n) is 11.8. The number of ether oxygens (including phenoxy) is 10. The lowest BCUT2D eigenvalue weighted by atomic mass is 9.95. The Morgan fingerprint density at radius 1 is 0.603 bits per heavy atom. The Kier molecular flexibility index (Phi) is 17.3. The van der Waals surface area contributed by atoms with Crippen LogP contribution < -0.4 is 5.32 Å². The largest absolute Gasteiger partial charge is 0.452 e. The fourth-order valence-electron chi connectivity index (χ4n) is 8.17. The Balaban J connectivity index is 1.04. The van der Waals surface area contributed by atoms with Crippen LogP contribution in [0, 0.1) is 0 Å². The van der Waals surface area contributed by atoms with E-state index in [1.54, 1.807) is 67.6 Å². The molecule has 3 fully saturated rings. The molecule has 0 saturated carbocycles. The van der Waals surface area contributed by atoms with Gasteiger partial charge < -0.3 is 57.8 Å². The van der Waals surface area contributed by atoms with Crippen LogP contribution in [0.1, 0.15) is 69.9 Å². The molecule has 358 valence electrons. The third kappa shape index (κ3) is 12.9. The summed E-state index contributed by atoms with van der Waals surface area (Å²) in [5.74, 6) is -1.51. The highest BCUT2D eigenvalue weighted by molar-refractivity contribution is 5.90. The van der Waals surface area contributed by atoms with Crippen molar-refractivity contribution in [3.63, 3.8) is 0 Å². The molecule has 5 aromatic carbocycles. The minimum absolute atomic E-state index is 0.0891. The molecule has 11 atom stereocenters. The summed E-state index contributed by atoms with van der Waals surface area (Å²) in [5.41, 5.74) is 2.97. The van der Waals surface area contributed by atoms with E-state index in [1.165, 1.54) is 0 Å². The topological polar surface area (TPSA) is 176 Å². The van der Waals surface area contributed by atoms with Crippen LogP contribution in [0.25, 0.3) is 0 Å². The summed E-state index contributed by atoms with van der Waals surface area (Å²) >= 11 is 0. The van der Waals surface area contributed by atoms with Crippen molar-refractivity contribution in [1.82, 2.24) is 5.32 Å². The number of rotatable bonds is 19. The first-order valence-electron chi connectivity index (χ1n) is 23.0. The minimum Gasteiger partial charge on any atom is -0.452 e. The molecule has 2 N–H and O–H groups in total. The SMILES string of the molecule is C[C@@H]1O[C@@H](O[C@@H]2[C@@H](OCc3ccccc3)[C@H](OCCCCCNC(=O)OCc3ccccc3)O[C@@H]3CO[C@@H](c4ccccc4)O[C@@H]23)[C@H](OC(=O)c2ccccc2)[C@H](OC(=O)c2ccccc2)[C@H]1O. The van der Waals surface area contributed by atoms with Gasteiger partial charge in [-0.3, -0.25) is 0 Å². The van der Waals surface area contributed by atoms with Crippen LogP contribution in [0.5, 0.6) is 0 Å². The zero-order valence-electron chi connectivity index (χ0n) is 37.7. The van der Waals surface area contributed by atoms with Gasteiger partial charge in [-0.25, -0.2) is 14.4 Å². The molecule has 3 saturated heterocycles. The van der Waals surface area contributed by atoms with Gasteiger partial charge in [0.05, 0.1) is 30.4 Å². The minimum atomic E-state index is -1.49. The Morgan fingerprint density at radius 2 is 1.18 bits per heavy atom. The van der Waals surface area contributed by atoms with E-state index in [-0.39, 0.29) is 37.6 Å². The molecule has 3 aliphatic rings. The fraction of sp³-hybridized carbons (Fsp3) is 0.377. The number of hydrogen-bond donors (Lipinski definition) is 2. The Labute approximate surface area is 395 Å². The van der Waals surface area contributed by atoms with Crippen molar-refractivity contribution < 1.29 is 66.9 Å². The first-order valence-corrected chi connectivity index (χ1v) is 23.0. The van der Waals surface area contributed by atoms with Gasteiger partial charge in [0.25, 0.3) is 0 Å². The lowest BCUT2D eigenvalue weighted by molar-refractivity contribution is -0.395. The number of carbonyl (C=O) groups excluding carboxylic acids is 3. The highest BCUT2D eigenvalue weighted by Crippen LogP contribution is 2.39. The number of carbonyl (C=O) groups is 3. The summed E-state index contributed by atoms with van der Waals surface area (Å²) in [6.45, 7) is 2.68. The first kappa shape index (κ1) is 48.4. The Bertz CT molecular complexity index is 2310. The molecule has 0 aliphatic carbocycles. The second-order valence-electron chi connectivity index (χ2n) is 16.7. The molecule has 3 aliphatic heterocycles. The molecule has 0 spiro atoms. The van der Waals surface area contributed by atoms with Crippen molar-refractivity contribution in [2.24, 2.45) is 0 Å². The molecule has 0 radical (unpaired) electrons. The Hall–Kier alpha value is -6.01. The van der Waals surface area contributed by atoms with Crippen LogP contribution in [0.3, 0.4) is 0 Å². The lowest BCUT2D eigenvalue weighted by Crippen LogP contribution is -2.67. The summed E-state index contributed by atoms with van der Waals surface area (Å²) in [7, 11) is 0. The number of aliphatic hydroxyl groups is 1. The smallest absolute Gasteiger partial charge is 0.407 e. The Morgan fingerprint density at radius 3 is 1.81 bits per heavy atom. The first-order chi connectivity index (χ1) is 33.3. The molecular weight excluding hydrogens is 875 g/mol. The summed E-state index contributed by atoms with van der Waals surface area (Å²) in [6.07, 6.45) is -10.8. The molecule has 68 heavy (non-hydrogen) atoms. The van der Waals surface area contributed by atoms with Crippen molar-refractivity contribution in [3.05, 3.63) is 179 Å². The summed E-state index contributed by atoms with van der Waals surface area (Å²) in [5, 5.41) is 14.4. The van der Waals surface area contributed by atoms with Gasteiger partial charge in [0.2, 0.25) is 0 Å². The van der Waals surface area contributed by atoms with Crippen LogP contribution in [0.2, 0.25) is 0 Å². The molecule has 8 rings (SSSR count). The quantitative estimate of drug-likeness (QED) is 0.0474. The van der Waals surface area contributed by atoms with E-state index < -0.39 is 85.7 Å². The number of fused-ring (bicyclic) bond motifs is 1. The maximum atomic E-state index is 13.9. The molecular formula is C53H57NO14. The van der Waals surface area contributed by atoms with Crippen LogP contribution >= 0.6 is 0 Å². The lowest BCUT2D eigenvalue weighted by Gasteiger charge is -2.51. The van der Waals surface area contributed by atoms with Gasteiger partial charge in [0, 0.05) is 18.7 Å². The van der Waals surface area contributed by atoms with Gasteiger partial charge in [0.1, 0.15) is 37.1 Å².